The van der Waals surface area contributed by atoms with Gasteiger partial charge in [0.1, 0.15) is 29.9 Å². The lowest BCUT2D eigenvalue weighted by molar-refractivity contribution is -0.163. The Labute approximate surface area is 306 Å². The molecule has 0 saturated carbocycles. The van der Waals surface area contributed by atoms with Gasteiger partial charge in [0.25, 0.3) is 0 Å². The molecule has 0 bridgehead atoms. The maximum atomic E-state index is 11.6. The molecular formula is C40H49N5O6Si. The molecule has 4 atom stereocenters. The third kappa shape index (κ3) is 7.33. The summed E-state index contributed by atoms with van der Waals surface area (Å²) in [5, 5.41) is 3.87. The highest BCUT2D eigenvalue weighted by atomic mass is 28.4. The summed E-state index contributed by atoms with van der Waals surface area (Å²) in [5.41, 5.74) is 3.34. The molecule has 11 nitrogen and oxygen atoms in total. The molecule has 1 saturated heterocycles. The highest BCUT2D eigenvalue weighted by Gasteiger charge is 2.47. The second kappa shape index (κ2) is 15.2. The summed E-state index contributed by atoms with van der Waals surface area (Å²) in [7, 11) is -0.439. The third-order valence-electron chi connectivity index (χ3n) is 10.5. The normalized spacial score (nSPS) is 19.5. The number of rotatable bonds is 13. The van der Waals surface area contributed by atoms with Crippen molar-refractivity contribution >= 4 is 31.3 Å². The highest BCUT2D eigenvalue weighted by Crippen LogP contribution is 2.43. The Kier molecular flexibility index (Phi) is 10.8. The number of aromatic nitrogens is 4. The van der Waals surface area contributed by atoms with Crippen LogP contribution < -0.4 is 10.1 Å². The van der Waals surface area contributed by atoms with E-state index < -0.39 is 38.3 Å². The number of nitrogens with one attached hydrogen (secondary N) is 1. The molecule has 2 unspecified atom stereocenters. The lowest BCUT2D eigenvalue weighted by atomic mass is 9.77. The molecule has 1 fully saturated rings. The van der Waals surface area contributed by atoms with Crippen LogP contribution in [0, 0.1) is 5.92 Å². The molecule has 0 amide bonds. The van der Waals surface area contributed by atoms with Gasteiger partial charge >= 0.3 is 5.97 Å². The van der Waals surface area contributed by atoms with E-state index >= 15 is 0 Å². The molecule has 52 heavy (non-hydrogen) atoms. The third-order valence-corrected chi connectivity index (χ3v) is 15.0. The van der Waals surface area contributed by atoms with Crippen molar-refractivity contribution in [3.63, 3.8) is 0 Å². The summed E-state index contributed by atoms with van der Waals surface area (Å²) >= 11 is 0. The highest BCUT2D eigenvalue weighted by molar-refractivity contribution is 6.74. The van der Waals surface area contributed by atoms with Gasteiger partial charge in [-0.2, -0.15) is 0 Å². The summed E-state index contributed by atoms with van der Waals surface area (Å²) in [6.45, 7) is 14.6. The minimum absolute atomic E-state index is 0.0200. The minimum atomic E-state index is -2.10. The number of imidazole rings is 1. The number of anilines is 1. The SMILES string of the molecule is COc1ccc(C(Nc2ncnc3c2ncn3[C@@H]2O[C@H](CO[Si](C)(C)C(C)(C)C)C(OCOC(C)=O)C2C)(c2ccccc2)c2ccccc2)cc1. The largest absolute Gasteiger partial charge is 0.497 e. The standard InChI is InChI=1S/C40H49N5O6Si/c1-27-35(49-26-48-28(2)46)33(23-50-52(7,8)39(3,4)5)51-38(27)45-25-43-34-36(41-24-42-37(34)45)44-40(29-15-11-9-12-16-29,30-17-13-10-14-18-30)31-19-21-32(47-6)22-20-31/h9-22,24-25,27,33,35,38H,23,26H2,1-8H3,(H,41,42,44)/t27?,33-,35?,38-/m1/s1. The molecular weight excluding hydrogens is 675 g/mol. The van der Waals surface area contributed by atoms with E-state index in [0.717, 1.165) is 22.4 Å². The van der Waals surface area contributed by atoms with Crippen LogP contribution in [0.2, 0.25) is 18.1 Å². The second-order valence-electron chi connectivity index (χ2n) is 14.8. The van der Waals surface area contributed by atoms with Crippen molar-refractivity contribution in [2.45, 2.75) is 76.7 Å². The van der Waals surface area contributed by atoms with E-state index in [0.29, 0.717) is 23.6 Å². The number of carbonyl (C=O) groups is 1. The topological polar surface area (TPSA) is 119 Å². The van der Waals surface area contributed by atoms with Crippen LogP contribution in [0.3, 0.4) is 0 Å². The van der Waals surface area contributed by atoms with E-state index in [9.17, 15) is 4.79 Å². The first kappa shape index (κ1) is 37.1. The fourth-order valence-electron chi connectivity index (χ4n) is 6.54. The van der Waals surface area contributed by atoms with Crippen LogP contribution >= 0.6 is 0 Å². The van der Waals surface area contributed by atoms with Gasteiger partial charge in [-0.05, 0) is 47.0 Å². The molecule has 2 aromatic heterocycles. The molecule has 0 aliphatic carbocycles. The first-order chi connectivity index (χ1) is 24.9. The van der Waals surface area contributed by atoms with Crippen LogP contribution in [0.5, 0.6) is 5.75 Å². The Hall–Kier alpha value is -4.62. The van der Waals surface area contributed by atoms with Crippen molar-refractivity contribution < 1.29 is 28.2 Å². The number of ether oxygens (including phenoxy) is 4. The zero-order valence-electron chi connectivity index (χ0n) is 31.2. The summed E-state index contributed by atoms with van der Waals surface area (Å²) in [4.78, 5) is 26.0. The predicted octanol–water partition coefficient (Wildman–Crippen LogP) is 7.70. The average molecular weight is 724 g/mol. The van der Waals surface area contributed by atoms with Crippen LogP contribution in [0.1, 0.15) is 57.5 Å². The Morgan fingerprint density at radius 1 is 0.904 bits per heavy atom. The summed E-state index contributed by atoms with van der Waals surface area (Å²) in [5.74, 6) is 0.736. The molecule has 3 aromatic carbocycles. The number of benzene rings is 3. The van der Waals surface area contributed by atoms with Crippen LogP contribution in [0.4, 0.5) is 5.82 Å². The van der Waals surface area contributed by atoms with Gasteiger partial charge in [0.05, 0.1) is 26.1 Å². The van der Waals surface area contributed by atoms with Gasteiger partial charge in [-0.15, -0.1) is 0 Å². The number of hydrogen-bond acceptors (Lipinski definition) is 10. The maximum absolute atomic E-state index is 11.6. The molecule has 274 valence electrons. The Balaban J connectivity index is 1.40. The number of methoxy groups -OCH3 is 1. The molecule has 6 rings (SSSR count). The Morgan fingerprint density at radius 2 is 1.52 bits per heavy atom. The van der Waals surface area contributed by atoms with E-state index in [1.54, 1.807) is 19.8 Å². The summed E-state index contributed by atoms with van der Waals surface area (Å²) in [6, 6.07) is 28.7. The van der Waals surface area contributed by atoms with Crippen molar-refractivity contribution in [1.29, 1.82) is 0 Å². The number of carbonyl (C=O) groups excluding carboxylic acids is 1. The molecule has 12 heteroatoms. The van der Waals surface area contributed by atoms with Gasteiger partial charge < -0.3 is 28.7 Å². The fourth-order valence-corrected chi connectivity index (χ4v) is 7.55. The zero-order chi connectivity index (χ0) is 37.1. The lowest BCUT2D eigenvalue weighted by Crippen LogP contribution is -2.44. The van der Waals surface area contributed by atoms with E-state index in [1.807, 2.05) is 53.1 Å². The molecule has 1 aliphatic heterocycles. The van der Waals surface area contributed by atoms with Crippen molar-refractivity contribution in [3.05, 3.63) is 114 Å². The van der Waals surface area contributed by atoms with Crippen molar-refractivity contribution in [2.24, 2.45) is 5.92 Å². The van der Waals surface area contributed by atoms with Crippen LogP contribution in [0.15, 0.2) is 97.6 Å². The van der Waals surface area contributed by atoms with Crippen molar-refractivity contribution in [3.8, 4) is 5.75 Å². The molecule has 1 aliphatic rings. The smallest absolute Gasteiger partial charge is 0.304 e. The summed E-state index contributed by atoms with van der Waals surface area (Å²) < 4.78 is 32.1. The first-order valence-corrected chi connectivity index (χ1v) is 20.5. The maximum Gasteiger partial charge on any atom is 0.304 e. The van der Waals surface area contributed by atoms with Crippen molar-refractivity contribution in [2.75, 3.05) is 25.8 Å². The molecule has 3 heterocycles. The van der Waals surface area contributed by atoms with Crippen LogP contribution in [0.25, 0.3) is 11.2 Å². The minimum Gasteiger partial charge on any atom is -0.497 e. The lowest BCUT2D eigenvalue weighted by Gasteiger charge is -2.37. The number of hydrogen-bond donors (Lipinski definition) is 1. The fraction of sp³-hybridized carbons (Fsp3) is 0.400. The predicted molar refractivity (Wildman–Crippen MR) is 202 cm³/mol. The van der Waals surface area contributed by atoms with Gasteiger partial charge in [0, 0.05) is 12.8 Å². The van der Waals surface area contributed by atoms with E-state index in [2.05, 4.69) is 82.5 Å². The van der Waals surface area contributed by atoms with Gasteiger partial charge in [-0.3, -0.25) is 9.36 Å². The Bertz CT molecular complexity index is 1910. The monoisotopic (exact) mass is 723 g/mol. The molecule has 1 N–H and O–H groups in total. The second-order valence-corrected chi connectivity index (χ2v) is 19.6. The molecule has 0 spiro atoms. The Morgan fingerprint density at radius 3 is 2.10 bits per heavy atom. The quantitative estimate of drug-likeness (QED) is 0.0560. The van der Waals surface area contributed by atoms with E-state index in [-0.39, 0.29) is 17.7 Å². The van der Waals surface area contributed by atoms with Gasteiger partial charge in [0.15, 0.2) is 32.1 Å². The van der Waals surface area contributed by atoms with Gasteiger partial charge in [0.2, 0.25) is 0 Å². The van der Waals surface area contributed by atoms with E-state index in [1.165, 1.54) is 6.92 Å². The van der Waals surface area contributed by atoms with Crippen molar-refractivity contribution in [1.82, 2.24) is 19.5 Å². The van der Waals surface area contributed by atoms with Gasteiger partial charge in [-0.1, -0.05) is 100 Å². The number of esters is 1. The molecule has 5 aromatic rings. The van der Waals surface area contributed by atoms with E-state index in [4.69, 9.17) is 38.3 Å². The number of nitrogens with zero attached hydrogens (tertiary/aromatic N) is 4. The average Bonchev–Trinajstić information content (AvgIpc) is 3.70. The molecule has 0 radical (unpaired) electrons. The zero-order valence-corrected chi connectivity index (χ0v) is 32.2. The van der Waals surface area contributed by atoms with Crippen LogP contribution in [-0.2, 0) is 29.0 Å². The van der Waals surface area contributed by atoms with Gasteiger partial charge in [-0.25, -0.2) is 15.0 Å². The number of fused-ring (bicyclic) bond motifs is 1. The summed E-state index contributed by atoms with van der Waals surface area (Å²) in [6.07, 6.45) is 1.97. The first-order valence-electron chi connectivity index (χ1n) is 17.6. The van der Waals surface area contributed by atoms with Crippen LogP contribution in [-0.4, -0.2) is 66.5 Å².